The van der Waals surface area contributed by atoms with Crippen molar-refractivity contribution in [1.82, 2.24) is 19.7 Å². The molecule has 0 fully saturated rings. The first-order valence-corrected chi connectivity index (χ1v) is 5.51. The Kier molecular flexibility index (Phi) is 2.53. The summed E-state index contributed by atoms with van der Waals surface area (Å²) in [5, 5.41) is 8.16. The van der Waals surface area contributed by atoms with Crippen LogP contribution in [0.3, 0.4) is 0 Å². The highest BCUT2D eigenvalue weighted by Crippen LogP contribution is 2.26. The van der Waals surface area contributed by atoms with E-state index >= 15 is 0 Å². The Morgan fingerprint density at radius 2 is 1.94 bits per heavy atom. The first-order valence-electron chi connectivity index (χ1n) is 5.51. The molecule has 2 heterocycles. The lowest BCUT2D eigenvalue weighted by atomic mass is 10.1. The molecule has 0 aliphatic rings. The van der Waals surface area contributed by atoms with Gasteiger partial charge in [0.2, 0.25) is 5.95 Å². The molecule has 16 heavy (non-hydrogen) atoms. The van der Waals surface area contributed by atoms with Gasteiger partial charge in [0.1, 0.15) is 5.52 Å². The predicted octanol–water partition coefficient (Wildman–Crippen LogP) is 2.11. The fraction of sp³-hybridized carbons (Fsp3) is 0.545. The molecule has 0 aromatic carbocycles. The second-order valence-electron chi connectivity index (χ2n) is 4.56. The summed E-state index contributed by atoms with van der Waals surface area (Å²) in [7, 11) is 0. The van der Waals surface area contributed by atoms with Gasteiger partial charge in [-0.2, -0.15) is 5.10 Å². The molecule has 0 aliphatic carbocycles. The third kappa shape index (κ3) is 1.52. The van der Waals surface area contributed by atoms with Gasteiger partial charge in [0.15, 0.2) is 5.65 Å². The van der Waals surface area contributed by atoms with E-state index in [1.807, 2.05) is 4.57 Å². The lowest BCUT2D eigenvalue weighted by Crippen LogP contribution is -2.06. The van der Waals surface area contributed by atoms with Crippen LogP contribution in [0.2, 0.25) is 0 Å². The largest absolute Gasteiger partial charge is 0.369 e. The third-order valence-electron chi connectivity index (χ3n) is 2.67. The maximum absolute atomic E-state index is 5.91. The average Bonchev–Trinajstić information content (AvgIpc) is 2.52. The molecule has 0 amide bonds. The standard InChI is InChI=1S/C11H17N5/c1-6(2)8-5-13-15-10-9(8)14-11(12)16(10)7(3)4/h5-7H,1-4H3,(H2,12,14). The van der Waals surface area contributed by atoms with E-state index in [1.54, 1.807) is 6.20 Å². The zero-order chi connectivity index (χ0) is 11.9. The van der Waals surface area contributed by atoms with Crippen molar-refractivity contribution in [3.63, 3.8) is 0 Å². The fourth-order valence-corrected chi connectivity index (χ4v) is 1.87. The Morgan fingerprint density at radius 3 is 2.50 bits per heavy atom. The summed E-state index contributed by atoms with van der Waals surface area (Å²) in [6.45, 7) is 8.34. The number of imidazole rings is 1. The zero-order valence-corrected chi connectivity index (χ0v) is 10.1. The van der Waals surface area contributed by atoms with E-state index < -0.39 is 0 Å². The molecular formula is C11H17N5. The van der Waals surface area contributed by atoms with Crippen LogP contribution in [0.5, 0.6) is 0 Å². The minimum atomic E-state index is 0.238. The quantitative estimate of drug-likeness (QED) is 0.839. The predicted molar refractivity (Wildman–Crippen MR) is 64.2 cm³/mol. The van der Waals surface area contributed by atoms with Crippen LogP contribution in [0.25, 0.3) is 11.2 Å². The minimum absolute atomic E-state index is 0.238. The number of nitrogens with two attached hydrogens (primary N) is 1. The lowest BCUT2D eigenvalue weighted by Gasteiger charge is -2.09. The Labute approximate surface area is 94.7 Å². The molecule has 0 saturated carbocycles. The molecule has 5 heteroatoms. The summed E-state index contributed by atoms with van der Waals surface area (Å²) in [6, 6.07) is 0.238. The fourth-order valence-electron chi connectivity index (χ4n) is 1.87. The summed E-state index contributed by atoms with van der Waals surface area (Å²) in [5.41, 5.74) is 8.65. The van der Waals surface area contributed by atoms with Gasteiger partial charge in [-0.25, -0.2) is 4.98 Å². The first kappa shape index (κ1) is 10.9. The summed E-state index contributed by atoms with van der Waals surface area (Å²) in [6.07, 6.45) is 1.77. The number of hydrogen-bond acceptors (Lipinski definition) is 4. The number of nitrogen functional groups attached to an aromatic ring is 1. The van der Waals surface area contributed by atoms with E-state index in [2.05, 4.69) is 42.9 Å². The van der Waals surface area contributed by atoms with Gasteiger partial charge in [0, 0.05) is 11.6 Å². The van der Waals surface area contributed by atoms with Gasteiger partial charge in [0.25, 0.3) is 0 Å². The van der Waals surface area contributed by atoms with Crippen LogP contribution in [0, 0.1) is 0 Å². The molecule has 2 rings (SSSR count). The van der Waals surface area contributed by atoms with E-state index in [0.29, 0.717) is 11.9 Å². The second-order valence-corrected chi connectivity index (χ2v) is 4.56. The highest BCUT2D eigenvalue weighted by atomic mass is 15.3. The van der Waals surface area contributed by atoms with Crippen molar-refractivity contribution >= 4 is 17.1 Å². The van der Waals surface area contributed by atoms with E-state index in [9.17, 15) is 0 Å². The SMILES string of the molecule is CC(C)c1cnnc2c1nc(N)n2C(C)C. The van der Waals surface area contributed by atoms with Crippen molar-refractivity contribution in [2.75, 3.05) is 5.73 Å². The minimum Gasteiger partial charge on any atom is -0.369 e. The highest BCUT2D eigenvalue weighted by Gasteiger charge is 2.16. The molecule has 86 valence electrons. The van der Waals surface area contributed by atoms with Crippen molar-refractivity contribution in [3.05, 3.63) is 11.8 Å². The van der Waals surface area contributed by atoms with Crippen LogP contribution in [-0.4, -0.2) is 19.7 Å². The molecule has 2 aromatic heterocycles. The molecule has 2 N–H and O–H groups in total. The monoisotopic (exact) mass is 219 g/mol. The summed E-state index contributed by atoms with van der Waals surface area (Å²) in [4.78, 5) is 4.39. The summed E-state index contributed by atoms with van der Waals surface area (Å²) < 4.78 is 1.91. The molecule has 5 nitrogen and oxygen atoms in total. The van der Waals surface area contributed by atoms with Gasteiger partial charge in [-0.15, -0.1) is 5.10 Å². The Balaban J connectivity index is 2.78. The maximum atomic E-state index is 5.91. The van der Waals surface area contributed by atoms with Crippen molar-refractivity contribution in [1.29, 1.82) is 0 Å². The normalized spacial score (nSPS) is 11.9. The highest BCUT2D eigenvalue weighted by molar-refractivity contribution is 5.77. The van der Waals surface area contributed by atoms with Crippen LogP contribution in [0.4, 0.5) is 5.95 Å². The molecule has 0 spiro atoms. The van der Waals surface area contributed by atoms with Gasteiger partial charge in [0.05, 0.1) is 6.20 Å². The average molecular weight is 219 g/mol. The molecule has 0 radical (unpaired) electrons. The third-order valence-corrected chi connectivity index (χ3v) is 2.67. The van der Waals surface area contributed by atoms with Gasteiger partial charge < -0.3 is 5.73 Å². The number of nitrogens with zero attached hydrogens (tertiary/aromatic N) is 4. The molecule has 0 unspecified atom stereocenters. The zero-order valence-electron chi connectivity index (χ0n) is 10.1. The van der Waals surface area contributed by atoms with Crippen molar-refractivity contribution in [2.24, 2.45) is 0 Å². The Hall–Kier alpha value is -1.65. The van der Waals surface area contributed by atoms with Crippen LogP contribution in [0.15, 0.2) is 6.20 Å². The maximum Gasteiger partial charge on any atom is 0.202 e. The molecule has 2 aromatic rings. The molecule has 0 bridgehead atoms. The first-order chi connectivity index (χ1) is 7.52. The van der Waals surface area contributed by atoms with Crippen molar-refractivity contribution in [3.8, 4) is 0 Å². The lowest BCUT2D eigenvalue weighted by molar-refractivity contribution is 0.619. The van der Waals surface area contributed by atoms with Gasteiger partial charge in [-0.3, -0.25) is 4.57 Å². The number of rotatable bonds is 2. The number of aromatic nitrogens is 4. The van der Waals surface area contributed by atoms with E-state index in [-0.39, 0.29) is 6.04 Å². The van der Waals surface area contributed by atoms with E-state index in [0.717, 1.165) is 16.7 Å². The molecule has 0 aliphatic heterocycles. The van der Waals surface area contributed by atoms with Crippen LogP contribution < -0.4 is 5.73 Å². The Bertz CT molecular complexity index is 512. The van der Waals surface area contributed by atoms with E-state index in [1.165, 1.54) is 0 Å². The second kappa shape index (κ2) is 3.73. The van der Waals surface area contributed by atoms with Crippen molar-refractivity contribution < 1.29 is 0 Å². The van der Waals surface area contributed by atoms with Crippen LogP contribution >= 0.6 is 0 Å². The van der Waals surface area contributed by atoms with Gasteiger partial charge in [-0.1, -0.05) is 13.8 Å². The number of hydrogen-bond donors (Lipinski definition) is 1. The number of fused-ring (bicyclic) bond motifs is 1. The van der Waals surface area contributed by atoms with E-state index in [4.69, 9.17) is 5.73 Å². The van der Waals surface area contributed by atoms with Crippen LogP contribution in [0.1, 0.15) is 45.2 Å². The molecular weight excluding hydrogens is 202 g/mol. The van der Waals surface area contributed by atoms with Crippen LogP contribution in [-0.2, 0) is 0 Å². The molecule has 0 atom stereocenters. The van der Waals surface area contributed by atoms with Gasteiger partial charge in [-0.05, 0) is 19.8 Å². The smallest absolute Gasteiger partial charge is 0.202 e. The summed E-state index contributed by atoms with van der Waals surface area (Å²) >= 11 is 0. The molecule has 0 saturated heterocycles. The summed E-state index contributed by atoms with van der Waals surface area (Å²) in [5.74, 6) is 0.875. The Morgan fingerprint density at radius 1 is 1.25 bits per heavy atom. The van der Waals surface area contributed by atoms with Gasteiger partial charge >= 0.3 is 0 Å². The topological polar surface area (TPSA) is 69.6 Å². The number of anilines is 1. The van der Waals surface area contributed by atoms with Crippen molar-refractivity contribution in [2.45, 2.75) is 39.7 Å².